The first-order valence-electron chi connectivity index (χ1n) is 7.85. The maximum absolute atomic E-state index is 2.52. The van der Waals surface area contributed by atoms with Gasteiger partial charge in [-0.15, -0.1) is 0 Å². The molecule has 0 unspecified atom stereocenters. The first kappa shape index (κ1) is 12.1. The molecule has 4 saturated carbocycles. The van der Waals surface area contributed by atoms with Gasteiger partial charge in [0.2, 0.25) is 0 Å². The predicted octanol–water partition coefficient (Wildman–Crippen LogP) is 5.13. The van der Waals surface area contributed by atoms with E-state index in [0.717, 1.165) is 29.6 Å². The van der Waals surface area contributed by atoms with E-state index < -0.39 is 0 Å². The standard InChI is InChI=1S/C17H30/c1-11(2)17(16(3,4)5)14-7-12-6-13(9-14)10-15(17)8-12/h11-15H,6-10H2,1-5H3. The molecule has 4 rings (SSSR count). The Hall–Kier alpha value is 0. The Bertz CT molecular complexity index is 276. The van der Waals surface area contributed by atoms with Crippen LogP contribution in [0.3, 0.4) is 0 Å². The summed E-state index contributed by atoms with van der Waals surface area (Å²) in [5.74, 6) is 5.15. The van der Waals surface area contributed by atoms with Crippen LogP contribution in [-0.2, 0) is 0 Å². The van der Waals surface area contributed by atoms with Crippen LogP contribution in [0.1, 0.15) is 66.7 Å². The molecule has 0 radical (unpaired) electrons. The highest BCUT2D eigenvalue weighted by Gasteiger charge is 2.62. The van der Waals surface area contributed by atoms with Crippen LogP contribution in [0.25, 0.3) is 0 Å². The van der Waals surface area contributed by atoms with Crippen LogP contribution in [0.4, 0.5) is 0 Å². The molecule has 0 aromatic heterocycles. The van der Waals surface area contributed by atoms with Crippen molar-refractivity contribution in [3.05, 3.63) is 0 Å². The van der Waals surface area contributed by atoms with Crippen LogP contribution in [0.15, 0.2) is 0 Å². The molecule has 0 saturated heterocycles. The normalized spacial score (nSPS) is 49.1. The SMILES string of the molecule is CC(C)C1(C(C)(C)C)C2CC3CC(C2)CC1C3. The van der Waals surface area contributed by atoms with Crippen molar-refractivity contribution < 1.29 is 0 Å². The summed E-state index contributed by atoms with van der Waals surface area (Å²) in [6.07, 6.45) is 7.81. The second kappa shape index (κ2) is 3.52. The molecule has 0 heteroatoms. The van der Waals surface area contributed by atoms with Crippen LogP contribution < -0.4 is 0 Å². The quantitative estimate of drug-likeness (QED) is 0.590. The van der Waals surface area contributed by atoms with Gasteiger partial charge in [-0.25, -0.2) is 0 Å². The summed E-state index contributed by atoms with van der Waals surface area (Å²) in [6.45, 7) is 12.6. The molecule has 4 aliphatic rings. The summed E-state index contributed by atoms with van der Waals surface area (Å²) >= 11 is 0. The minimum absolute atomic E-state index is 0.490. The third-order valence-electron chi connectivity index (χ3n) is 6.74. The highest BCUT2D eigenvalue weighted by molar-refractivity contribution is 5.11. The summed E-state index contributed by atoms with van der Waals surface area (Å²) in [7, 11) is 0. The zero-order valence-corrected chi connectivity index (χ0v) is 12.4. The van der Waals surface area contributed by atoms with Gasteiger partial charge in [0.15, 0.2) is 0 Å². The van der Waals surface area contributed by atoms with E-state index in [0.29, 0.717) is 10.8 Å². The minimum Gasteiger partial charge on any atom is -0.0622 e. The Morgan fingerprint density at radius 2 is 1.24 bits per heavy atom. The molecule has 98 valence electrons. The van der Waals surface area contributed by atoms with Crippen LogP contribution in [0.5, 0.6) is 0 Å². The van der Waals surface area contributed by atoms with Gasteiger partial charge in [-0.05, 0) is 72.5 Å². The topological polar surface area (TPSA) is 0 Å². The molecule has 0 nitrogen and oxygen atoms in total. The maximum Gasteiger partial charge on any atom is -0.0169 e. The highest BCUT2D eigenvalue weighted by Crippen LogP contribution is 2.70. The molecular formula is C17H30. The predicted molar refractivity (Wildman–Crippen MR) is 73.8 cm³/mol. The Kier molecular flexibility index (Phi) is 2.49. The summed E-state index contributed by atoms with van der Waals surface area (Å²) in [6, 6.07) is 0. The molecule has 0 aromatic rings. The molecule has 0 amide bonds. The molecule has 0 spiro atoms. The molecule has 17 heavy (non-hydrogen) atoms. The van der Waals surface area contributed by atoms with Gasteiger partial charge in [-0.1, -0.05) is 34.6 Å². The first-order valence-corrected chi connectivity index (χ1v) is 7.85. The zero-order chi connectivity index (χ0) is 12.4. The molecule has 0 atom stereocenters. The van der Waals surface area contributed by atoms with Crippen molar-refractivity contribution in [2.75, 3.05) is 0 Å². The maximum atomic E-state index is 2.52. The summed E-state index contributed by atoms with van der Waals surface area (Å²) in [5, 5.41) is 0. The summed E-state index contributed by atoms with van der Waals surface area (Å²) in [4.78, 5) is 0. The van der Waals surface area contributed by atoms with E-state index >= 15 is 0 Å². The average Bonchev–Trinajstić information content (AvgIpc) is 2.12. The fraction of sp³-hybridized carbons (Fsp3) is 1.00. The van der Waals surface area contributed by atoms with Crippen LogP contribution in [0.2, 0.25) is 0 Å². The third-order valence-corrected chi connectivity index (χ3v) is 6.74. The van der Waals surface area contributed by atoms with E-state index in [1.54, 1.807) is 32.1 Å². The van der Waals surface area contributed by atoms with E-state index in [4.69, 9.17) is 0 Å². The molecule has 0 aliphatic heterocycles. The van der Waals surface area contributed by atoms with Crippen molar-refractivity contribution in [2.24, 2.45) is 40.4 Å². The minimum atomic E-state index is 0.490. The van der Waals surface area contributed by atoms with Gasteiger partial charge >= 0.3 is 0 Å². The van der Waals surface area contributed by atoms with Crippen molar-refractivity contribution in [1.29, 1.82) is 0 Å². The molecule has 0 heterocycles. The number of rotatable bonds is 1. The monoisotopic (exact) mass is 234 g/mol. The highest BCUT2D eigenvalue weighted by atomic mass is 14.7. The van der Waals surface area contributed by atoms with Crippen molar-refractivity contribution >= 4 is 0 Å². The second-order valence-corrected chi connectivity index (χ2v) is 8.64. The van der Waals surface area contributed by atoms with E-state index in [1.165, 1.54) is 0 Å². The van der Waals surface area contributed by atoms with E-state index in [-0.39, 0.29) is 0 Å². The van der Waals surface area contributed by atoms with Crippen LogP contribution in [0, 0.1) is 40.4 Å². The molecule has 4 bridgehead atoms. The van der Waals surface area contributed by atoms with Gasteiger partial charge in [-0.3, -0.25) is 0 Å². The van der Waals surface area contributed by atoms with Crippen molar-refractivity contribution in [3.8, 4) is 0 Å². The fourth-order valence-corrected chi connectivity index (χ4v) is 7.00. The van der Waals surface area contributed by atoms with E-state index in [1.807, 2.05) is 0 Å². The fourth-order valence-electron chi connectivity index (χ4n) is 7.00. The first-order chi connectivity index (χ1) is 7.85. The Labute approximate surface area is 108 Å². The van der Waals surface area contributed by atoms with E-state index in [2.05, 4.69) is 34.6 Å². The van der Waals surface area contributed by atoms with Gasteiger partial charge in [0.25, 0.3) is 0 Å². The van der Waals surface area contributed by atoms with Gasteiger partial charge in [0.05, 0.1) is 0 Å². The van der Waals surface area contributed by atoms with Gasteiger partial charge < -0.3 is 0 Å². The number of hydrogen-bond acceptors (Lipinski definition) is 0. The smallest absolute Gasteiger partial charge is 0.0169 e. The average molecular weight is 234 g/mol. The van der Waals surface area contributed by atoms with Crippen LogP contribution >= 0.6 is 0 Å². The van der Waals surface area contributed by atoms with Crippen molar-refractivity contribution in [2.45, 2.75) is 66.7 Å². The lowest BCUT2D eigenvalue weighted by atomic mass is 9.37. The Morgan fingerprint density at radius 1 is 0.824 bits per heavy atom. The van der Waals surface area contributed by atoms with Gasteiger partial charge in [0, 0.05) is 0 Å². The molecule has 4 fully saturated rings. The largest absolute Gasteiger partial charge is 0.0622 e. The van der Waals surface area contributed by atoms with Crippen molar-refractivity contribution in [3.63, 3.8) is 0 Å². The summed E-state index contributed by atoms with van der Waals surface area (Å²) in [5.41, 5.74) is 1.13. The summed E-state index contributed by atoms with van der Waals surface area (Å²) < 4.78 is 0. The Balaban J connectivity index is 2.05. The van der Waals surface area contributed by atoms with E-state index in [9.17, 15) is 0 Å². The third kappa shape index (κ3) is 1.42. The van der Waals surface area contributed by atoms with Gasteiger partial charge in [-0.2, -0.15) is 0 Å². The van der Waals surface area contributed by atoms with Crippen molar-refractivity contribution in [1.82, 2.24) is 0 Å². The lowest BCUT2D eigenvalue weighted by molar-refractivity contribution is -0.189. The molecule has 4 aliphatic carbocycles. The molecule has 0 aromatic carbocycles. The second-order valence-electron chi connectivity index (χ2n) is 8.64. The zero-order valence-electron chi connectivity index (χ0n) is 12.4. The van der Waals surface area contributed by atoms with Gasteiger partial charge in [0.1, 0.15) is 0 Å². The molecular weight excluding hydrogens is 204 g/mol. The molecule has 0 N–H and O–H groups in total. The number of hydrogen-bond donors (Lipinski definition) is 0. The Morgan fingerprint density at radius 3 is 1.53 bits per heavy atom. The lowest BCUT2D eigenvalue weighted by Crippen LogP contribution is -2.60. The van der Waals surface area contributed by atoms with Crippen LogP contribution in [-0.4, -0.2) is 0 Å². The lowest BCUT2D eigenvalue weighted by Gasteiger charge is -2.68.